The van der Waals surface area contributed by atoms with E-state index in [2.05, 4.69) is 25.3 Å². The standard InChI is InChI=1S/C15H20N6O2/c1-20-13(22)6-5-12(19-20)21-9-3-2-4-11(21)10-18-14-15(23)17-8-7-16-14/h5-8,11H,2-4,9-10H2,1H3,(H,16,18)(H,17,23). The molecule has 2 N–H and O–H groups in total. The van der Waals surface area contributed by atoms with Gasteiger partial charge in [0.05, 0.1) is 0 Å². The summed E-state index contributed by atoms with van der Waals surface area (Å²) in [5.74, 6) is 1.11. The third-order valence-corrected chi connectivity index (χ3v) is 4.08. The van der Waals surface area contributed by atoms with E-state index >= 15 is 0 Å². The minimum absolute atomic E-state index is 0.125. The van der Waals surface area contributed by atoms with Crippen LogP contribution in [0.15, 0.2) is 34.1 Å². The van der Waals surface area contributed by atoms with Gasteiger partial charge in [0.1, 0.15) is 5.82 Å². The van der Waals surface area contributed by atoms with E-state index in [1.807, 2.05) is 0 Å². The van der Waals surface area contributed by atoms with E-state index in [0.29, 0.717) is 12.4 Å². The van der Waals surface area contributed by atoms with Crippen LogP contribution in [0.3, 0.4) is 0 Å². The average molecular weight is 316 g/mol. The van der Waals surface area contributed by atoms with Gasteiger partial charge in [-0.1, -0.05) is 0 Å². The molecule has 0 radical (unpaired) electrons. The fourth-order valence-corrected chi connectivity index (χ4v) is 2.85. The van der Waals surface area contributed by atoms with E-state index in [4.69, 9.17) is 0 Å². The number of rotatable bonds is 4. The molecule has 8 heteroatoms. The maximum Gasteiger partial charge on any atom is 0.290 e. The first-order chi connectivity index (χ1) is 11.1. The van der Waals surface area contributed by atoms with Crippen molar-refractivity contribution >= 4 is 11.6 Å². The van der Waals surface area contributed by atoms with Gasteiger partial charge in [-0.2, -0.15) is 5.10 Å². The van der Waals surface area contributed by atoms with Gasteiger partial charge >= 0.3 is 0 Å². The summed E-state index contributed by atoms with van der Waals surface area (Å²) in [6, 6.07) is 3.49. The maximum atomic E-state index is 11.7. The Hall–Kier alpha value is -2.64. The molecule has 0 amide bonds. The number of nitrogens with one attached hydrogen (secondary N) is 2. The lowest BCUT2D eigenvalue weighted by molar-refractivity contribution is 0.464. The molecule has 3 heterocycles. The first-order valence-electron chi connectivity index (χ1n) is 7.74. The molecule has 1 aliphatic rings. The van der Waals surface area contributed by atoms with Crippen molar-refractivity contribution in [1.29, 1.82) is 0 Å². The molecular weight excluding hydrogens is 296 g/mol. The normalized spacial score (nSPS) is 18.0. The molecule has 2 aromatic heterocycles. The number of nitrogens with zero attached hydrogens (tertiary/aromatic N) is 4. The smallest absolute Gasteiger partial charge is 0.290 e. The van der Waals surface area contributed by atoms with Gasteiger partial charge < -0.3 is 15.2 Å². The molecule has 0 saturated carbocycles. The van der Waals surface area contributed by atoms with Crippen LogP contribution in [0, 0.1) is 0 Å². The molecule has 2 aromatic rings. The van der Waals surface area contributed by atoms with E-state index < -0.39 is 0 Å². The number of hydrogen-bond acceptors (Lipinski definition) is 6. The summed E-state index contributed by atoms with van der Waals surface area (Å²) in [5, 5.41) is 7.45. The molecule has 1 atom stereocenters. The number of aryl methyl sites for hydroxylation is 1. The van der Waals surface area contributed by atoms with E-state index in [0.717, 1.165) is 31.6 Å². The average Bonchev–Trinajstić information content (AvgIpc) is 2.57. The van der Waals surface area contributed by atoms with Crippen LogP contribution < -0.4 is 21.3 Å². The Balaban J connectivity index is 1.76. The SMILES string of the molecule is Cn1nc(N2CCCCC2CNc2ncc[nH]c2=O)ccc1=O. The Labute approximate surface area is 133 Å². The monoisotopic (exact) mass is 316 g/mol. The molecule has 1 unspecified atom stereocenters. The Morgan fingerprint density at radius 1 is 1.35 bits per heavy atom. The Morgan fingerprint density at radius 3 is 3.00 bits per heavy atom. The molecule has 0 spiro atoms. The van der Waals surface area contributed by atoms with Crippen LogP contribution in [0.1, 0.15) is 19.3 Å². The third-order valence-electron chi connectivity index (χ3n) is 4.08. The number of anilines is 2. The van der Waals surface area contributed by atoms with E-state index in [-0.39, 0.29) is 17.2 Å². The number of aromatic nitrogens is 4. The molecule has 8 nitrogen and oxygen atoms in total. The molecule has 0 aromatic carbocycles. The van der Waals surface area contributed by atoms with Gasteiger partial charge in [-0.15, -0.1) is 0 Å². The fraction of sp³-hybridized carbons (Fsp3) is 0.467. The van der Waals surface area contributed by atoms with Crippen molar-refractivity contribution in [3.8, 4) is 0 Å². The molecule has 23 heavy (non-hydrogen) atoms. The van der Waals surface area contributed by atoms with Crippen molar-refractivity contribution in [1.82, 2.24) is 19.7 Å². The number of hydrogen-bond donors (Lipinski definition) is 2. The maximum absolute atomic E-state index is 11.7. The number of piperidine rings is 1. The van der Waals surface area contributed by atoms with Crippen molar-refractivity contribution in [2.24, 2.45) is 7.05 Å². The summed E-state index contributed by atoms with van der Waals surface area (Å²) in [4.78, 5) is 32.0. The zero-order valence-corrected chi connectivity index (χ0v) is 13.0. The van der Waals surface area contributed by atoms with Crippen molar-refractivity contribution in [3.63, 3.8) is 0 Å². The molecule has 0 bridgehead atoms. The van der Waals surface area contributed by atoms with Crippen LogP contribution in [0.25, 0.3) is 0 Å². The summed E-state index contributed by atoms with van der Waals surface area (Å²) in [5.41, 5.74) is -0.351. The highest BCUT2D eigenvalue weighted by Gasteiger charge is 2.24. The lowest BCUT2D eigenvalue weighted by atomic mass is 10.0. The van der Waals surface area contributed by atoms with Gasteiger partial charge in [-0.25, -0.2) is 9.67 Å². The zero-order chi connectivity index (χ0) is 16.2. The van der Waals surface area contributed by atoms with Gasteiger partial charge in [-0.3, -0.25) is 9.59 Å². The molecule has 3 rings (SSSR count). The molecule has 1 aliphatic heterocycles. The van der Waals surface area contributed by atoms with Crippen LogP contribution in [0.4, 0.5) is 11.6 Å². The van der Waals surface area contributed by atoms with Gasteiger partial charge in [0.2, 0.25) is 0 Å². The van der Waals surface area contributed by atoms with Crippen LogP contribution in [0.2, 0.25) is 0 Å². The second-order valence-electron chi connectivity index (χ2n) is 5.64. The van der Waals surface area contributed by atoms with Crippen LogP contribution in [0.5, 0.6) is 0 Å². The Morgan fingerprint density at radius 2 is 2.22 bits per heavy atom. The number of H-pyrrole nitrogens is 1. The lowest BCUT2D eigenvalue weighted by Crippen LogP contribution is -2.45. The van der Waals surface area contributed by atoms with Gasteiger partial charge in [0.15, 0.2) is 5.82 Å². The minimum atomic E-state index is -0.227. The summed E-state index contributed by atoms with van der Waals surface area (Å²) >= 11 is 0. The summed E-state index contributed by atoms with van der Waals surface area (Å²) in [6.07, 6.45) is 6.28. The highest BCUT2D eigenvalue weighted by Crippen LogP contribution is 2.22. The van der Waals surface area contributed by atoms with Crippen molar-refractivity contribution < 1.29 is 0 Å². The molecule has 122 valence electrons. The molecule has 1 fully saturated rings. The zero-order valence-electron chi connectivity index (χ0n) is 13.0. The Kier molecular flexibility index (Phi) is 4.40. The summed E-state index contributed by atoms with van der Waals surface area (Å²) < 4.78 is 1.35. The molecular formula is C15H20N6O2. The van der Waals surface area contributed by atoms with E-state index in [1.165, 1.54) is 16.9 Å². The first kappa shape index (κ1) is 15.3. The predicted molar refractivity (Wildman–Crippen MR) is 87.8 cm³/mol. The second kappa shape index (κ2) is 6.64. The lowest BCUT2D eigenvalue weighted by Gasteiger charge is -2.36. The topological polar surface area (TPSA) is 95.9 Å². The fourth-order valence-electron chi connectivity index (χ4n) is 2.85. The largest absolute Gasteiger partial charge is 0.363 e. The Bertz CT molecular complexity index is 784. The quantitative estimate of drug-likeness (QED) is 0.844. The van der Waals surface area contributed by atoms with Crippen LogP contribution >= 0.6 is 0 Å². The van der Waals surface area contributed by atoms with E-state index in [9.17, 15) is 9.59 Å². The highest BCUT2D eigenvalue weighted by molar-refractivity contribution is 5.40. The van der Waals surface area contributed by atoms with Crippen molar-refractivity contribution in [3.05, 3.63) is 45.2 Å². The van der Waals surface area contributed by atoms with Crippen LogP contribution in [-0.4, -0.2) is 38.9 Å². The van der Waals surface area contributed by atoms with Gasteiger partial charge in [-0.05, 0) is 25.3 Å². The summed E-state index contributed by atoms with van der Waals surface area (Å²) in [7, 11) is 1.65. The third kappa shape index (κ3) is 3.41. The molecule has 1 saturated heterocycles. The van der Waals surface area contributed by atoms with E-state index in [1.54, 1.807) is 19.3 Å². The number of aromatic amines is 1. The minimum Gasteiger partial charge on any atom is -0.363 e. The molecule has 0 aliphatic carbocycles. The van der Waals surface area contributed by atoms with Crippen LogP contribution in [-0.2, 0) is 7.05 Å². The second-order valence-corrected chi connectivity index (χ2v) is 5.64. The predicted octanol–water partition coefficient (Wildman–Crippen LogP) is 0.335. The first-order valence-corrected chi connectivity index (χ1v) is 7.74. The van der Waals surface area contributed by atoms with Gasteiger partial charge in [0.25, 0.3) is 11.1 Å². The van der Waals surface area contributed by atoms with Crippen molar-refractivity contribution in [2.45, 2.75) is 25.3 Å². The highest BCUT2D eigenvalue weighted by atomic mass is 16.1. The van der Waals surface area contributed by atoms with Gasteiger partial charge in [0, 0.05) is 44.6 Å². The summed E-state index contributed by atoms with van der Waals surface area (Å²) in [6.45, 7) is 1.49. The van der Waals surface area contributed by atoms with Crippen molar-refractivity contribution in [2.75, 3.05) is 23.3 Å².